The topological polar surface area (TPSA) is 50.4 Å². The van der Waals surface area contributed by atoms with Gasteiger partial charge in [0.2, 0.25) is 0 Å². The molecule has 0 aliphatic carbocycles. The highest BCUT2D eigenvalue weighted by Gasteiger charge is 2.01. The third-order valence-corrected chi connectivity index (χ3v) is 2.19. The molecule has 0 aromatic heterocycles. The number of urea groups is 1. The van der Waals surface area contributed by atoms with Crippen LogP contribution in [-0.2, 0) is 0 Å². The lowest BCUT2D eigenvalue weighted by Crippen LogP contribution is -2.29. The summed E-state index contributed by atoms with van der Waals surface area (Å²) in [6.07, 6.45) is 0.757. The Bertz CT molecular complexity index is 345. The van der Waals surface area contributed by atoms with E-state index < -0.39 is 0 Å². The zero-order chi connectivity index (χ0) is 11.8. The summed E-state index contributed by atoms with van der Waals surface area (Å²) in [6.45, 7) is 0.569. The van der Waals surface area contributed by atoms with Crippen molar-refractivity contribution in [2.45, 2.75) is 6.42 Å². The summed E-state index contributed by atoms with van der Waals surface area (Å²) in [6, 6.07) is 6.94. The van der Waals surface area contributed by atoms with Crippen molar-refractivity contribution in [2.75, 3.05) is 24.9 Å². The average molecular weight is 243 g/mol. The molecular weight excluding hydrogens is 228 g/mol. The fourth-order valence-corrected chi connectivity index (χ4v) is 1.28. The van der Waals surface area contributed by atoms with Gasteiger partial charge < -0.3 is 15.4 Å². The molecule has 0 saturated carbocycles. The molecule has 0 aliphatic rings. The van der Waals surface area contributed by atoms with Crippen LogP contribution in [0.3, 0.4) is 0 Å². The molecule has 16 heavy (non-hydrogen) atoms. The maximum atomic E-state index is 11.4. The third kappa shape index (κ3) is 4.40. The Hall–Kier alpha value is -1.42. The Morgan fingerprint density at radius 3 is 3.00 bits per heavy atom. The van der Waals surface area contributed by atoms with E-state index in [0.717, 1.165) is 6.42 Å². The lowest BCUT2D eigenvalue weighted by atomic mass is 10.3. The van der Waals surface area contributed by atoms with Crippen molar-refractivity contribution >= 4 is 23.3 Å². The minimum Gasteiger partial charge on any atom is -0.497 e. The molecule has 2 amide bonds. The van der Waals surface area contributed by atoms with Crippen LogP contribution in [0.1, 0.15) is 6.42 Å². The summed E-state index contributed by atoms with van der Waals surface area (Å²) < 4.78 is 5.05. The van der Waals surface area contributed by atoms with Crippen molar-refractivity contribution in [2.24, 2.45) is 0 Å². The van der Waals surface area contributed by atoms with E-state index in [-0.39, 0.29) is 6.03 Å². The number of methoxy groups -OCH3 is 1. The Morgan fingerprint density at radius 1 is 1.50 bits per heavy atom. The predicted molar refractivity (Wildman–Crippen MR) is 65.4 cm³/mol. The molecule has 2 N–H and O–H groups in total. The summed E-state index contributed by atoms with van der Waals surface area (Å²) in [5.41, 5.74) is 0.697. The van der Waals surface area contributed by atoms with Crippen molar-refractivity contribution in [3.8, 4) is 5.75 Å². The Balaban J connectivity index is 2.43. The minimum absolute atomic E-state index is 0.238. The van der Waals surface area contributed by atoms with Crippen molar-refractivity contribution in [3.05, 3.63) is 24.3 Å². The lowest BCUT2D eigenvalue weighted by molar-refractivity contribution is 0.252. The van der Waals surface area contributed by atoms with Crippen LogP contribution in [-0.4, -0.2) is 25.6 Å². The van der Waals surface area contributed by atoms with Gasteiger partial charge in [-0.3, -0.25) is 0 Å². The number of benzene rings is 1. The second-order valence-electron chi connectivity index (χ2n) is 3.16. The first-order valence-corrected chi connectivity index (χ1v) is 5.54. The van der Waals surface area contributed by atoms with Crippen molar-refractivity contribution in [3.63, 3.8) is 0 Å². The molecule has 0 bridgehead atoms. The Morgan fingerprint density at radius 2 is 2.31 bits per heavy atom. The van der Waals surface area contributed by atoms with Crippen LogP contribution < -0.4 is 15.4 Å². The molecule has 0 heterocycles. The van der Waals surface area contributed by atoms with E-state index in [2.05, 4.69) is 10.6 Å². The number of anilines is 1. The molecule has 1 aromatic carbocycles. The van der Waals surface area contributed by atoms with E-state index in [1.165, 1.54) is 0 Å². The first kappa shape index (κ1) is 12.6. The van der Waals surface area contributed by atoms with E-state index >= 15 is 0 Å². The smallest absolute Gasteiger partial charge is 0.319 e. The maximum absolute atomic E-state index is 11.4. The monoisotopic (exact) mass is 242 g/mol. The molecular formula is C11H15ClN2O2. The molecule has 0 fully saturated rings. The molecule has 1 rings (SSSR count). The van der Waals surface area contributed by atoms with Crippen LogP contribution >= 0.6 is 11.6 Å². The molecule has 88 valence electrons. The number of hydrogen-bond acceptors (Lipinski definition) is 2. The van der Waals surface area contributed by atoms with E-state index in [1.54, 1.807) is 19.2 Å². The summed E-state index contributed by atoms with van der Waals surface area (Å²) in [4.78, 5) is 11.4. The highest BCUT2D eigenvalue weighted by atomic mass is 35.5. The molecule has 1 aromatic rings. The average Bonchev–Trinajstić information content (AvgIpc) is 2.29. The van der Waals surface area contributed by atoms with E-state index in [9.17, 15) is 4.79 Å². The number of amides is 2. The van der Waals surface area contributed by atoms with Gasteiger partial charge in [-0.2, -0.15) is 0 Å². The number of alkyl halides is 1. The summed E-state index contributed by atoms with van der Waals surface area (Å²) in [5, 5.41) is 5.40. The molecule has 0 aliphatic heterocycles. The third-order valence-electron chi connectivity index (χ3n) is 1.92. The van der Waals surface area contributed by atoms with Gasteiger partial charge in [0.25, 0.3) is 0 Å². The van der Waals surface area contributed by atoms with Crippen LogP contribution in [0.25, 0.3) is 0 Å². The van der Waals surface area contributed by atoms with Crippen LogP contribution in [0.4, 0.5) is 10.5 Å². The Kier molecular flexibility index (Phi) is 5.50. The zero-order valence-electron chi connectivity index (χ0n) is 9.13. The summed E-state index contributed by atoms with van der Waals surface area (Å²) in [5.74, 6) is 1.25. The number of nitrogens with one attached hydrogen (secondary N) is 2. The number of hydrogen-bond donors (Lipinski definition) is 2. The van der Waals surface area contributed by atoms with Gasteiger partial charge in [-0.25, -0.2) is 4.79 Å². The molecule has 5 heteroatoms. The van der Waals surface area contributed by atoms with Crippen LogP contribution in [0.15, 0.2) is 24.3 Å². The molecule has 0 radical (unpaired) electrons. The number of carbonyl (C=O) groups excluding carboxylic acids is 1. The van der Waals surface area contributed by atoms with Gasteiger partial charge in [0.1, 0.15) is 5.75 Å². The largest absolute Gasteiger partial charge is 0.497 e. The fourth-order valence-electron chi connectivity index (χ4n) is 1.14. The van der Waals surface area contributed by atoms with Crippen molar-refractivity contribution in [1.82, 2.24) is 5.32 Å². The normalized spacial score (nSPS) is 9.62. The van der Waals surface area contributed by atoms with Crippen LogP contribution in [0, 0.1) is 0 Å². The fraction of sp³-hybridized carbons (Fsp3) is 0.364. The number of halogens is 1. The zero-order valence-corrected chi connectivity index (χ0v) is 9.88. The van der Waals surface area contributed by atoms with Gasteiger partial charge in [-0.15, -0.1) is 11.6 Å². The molecule has 4 nitrogen and oxygen atoms in total. The molecule has 0 spiro atoms. The first-order chi connectivity index (χ1) is 7.76. The van der Waals surface area contributed by atoms with Crippen LogP contribution in [0.5, 0.6) is 5.75 Å². The number of rotatable bonds is 5. The van der Waals surface area contributed by atoms with Gasteiger partial charge in [0.05, 0.1) is 7.11 Å². The van der Waals surface area contributed by atoms with Gasteiger partial charge >= 0.3 is 6.03 Å². The van der Waals surface area contributed by atoms with Crippen molar-refractivity contribution < 1.29 is 9.53 Å². The van der Waals surface area contributed by atoms with Gasteiger partial charge in [0, 0.05) is 24.2 Å². The lowest BCUT2D eigenvalue weighted by Gasteiger charge is -2.07. The van der Waals surface area contributed by atoms with Crippen molar-refractivity contribution in [1.29, 1.82) is 0 Å². The summed E-state index contributed by atoms with van der Waals surface area (Å²) >= 11 is 5.50. The molecule has 0 atom stereocenters. The second kappa shape index (κ2) is 6.95. The quantitative estimate of drug-likeness (QED) is 0.616. The maximum Gasteiger partial charge on any atom is 0.319 e. The minimum atomic E-state index is -0.238. The number of carbonyl (C=O) groups is 1. The highest BCUT2D eigenvalue weighted by molar-refractivity contribution is 6.17. The summed E-state index contributed by atoms with van der Waals surface area (Å²) in [7, 11) is 1.58. The molecule has 0 saturated heterocycles. The first-order valence-electron chi connectivity index (χ1n) is 5.01. The SMILES string of the molecule is COc1cccc(NC(=O)NCCCCl)c1. The van der Waals surface area contributed by atoms with Gasteiger partial charge in [-0.1, -0.05) is 6.07 Å². The predicted octanol–water partition coefficient (Wildman–Crippen LogP) is 2.45. The van der Waals surface area contributed by atoms with Gasteiger partial charge in [0.15, 0.2) is 0 Å². The van der Waals surface area contributed by atoms with Gasteiger partial charge in [-0.05, 0) is 18.6 Å². The Labute approximate surface area is 99.9 Å². The highest BCUT2D eigenvalue weighted by Crippen LogP contribution is 2.16. The van der Waals surface area contributed by atoms with Crippen LogP contribution in [0.2, 0.25) is 0 Å². The standard InChI is InChI=1S/C11H15ClN2O2/c1-16-10-5-2-4-9(8-10)14-11(15)13-7-3-6-12/h2,4-5,8H,3,6-7H2,1H3,(H2,13,14,15). The van der Waals surface area contributed by atoms with E-state index in [4.69, 9.17) is 16.3 Å². The molecule has 0 unspecified atom stereocenters. The second-order valence-corrected chi connectivity index (χ2v) is 3.53. The van der Waals surface area contributed by atoms with E-state index in [0.29, 0.717) is 23.9 Å². The number of ether oxygens (including phenoxy) is 1. The van der Waals surface area contributed by atoms with E-state index in [1.807, 2.05) is 12.1 Å².